The summed E-state index contributed by atoms with van der Waals surface area (Å²) >= 11 is 0. The first-order chi connectivity index (χ1) is 7.60. The molecule has 5 heteroatoms. The molecule has 0 radical (unpaired) electrons. The van der Waals surface area contributed by atoms with Crippen LogP contribution in [-0.2, 0) is 0 Å². The lowest BCUT2D eigenvalue weighted by atomic mass is 10.1. The molecule has 16 heavy (non-hydrogen) atoms. The van der Waals surface area contributed by atoms with E-state index < -0.39 is 0 Å². The number of aliphatic imine (C=N–C) groups is 1. The zero-order chi connectivity index (χ0) is 12.4. The van der Waals surface area contributed by atoms with E-state index in [-0.39, 0.29) is 11.9 Å². The van der Waals surface area contributed by atoms with Gasteiger partial charge in [0.05, 0.1) is 0 Å². The highest BCUT2D eigenvalue weighted by atomic mass is 15.2. The maximum Gasteiger partial charge on any atom is 0.195 e. The molecule has 0 saturated heterocycles. The molecule has 0 aliphatic heterocycles. The fourth-order valence-electron chi connectivity index (χ4n) is 1.01. The van der Waals surface area contributed by atoms with Crippen molar-refractivity contribution in [3.63, 3.8) is 0 Å². The number of guanidine groups is 2. The van der Waals surface area contributed by atoms with Crippen LogP contribution >= 0.6 is 0 Å². The summed E-state index contributed by atoms with van der Waals surface area (Å²) in [5.74, 6) is 2.36. The van der Waals surface area contributed by atoms with Gasteiger partial charge >= 0.3 is 0 Å². The van der Waals surface area contributed by atoms with E-state index in [4.69, 9.17) is 23.3 Å². The van der Waals surface area contributed by atoms with Gasteiger partial charge in [-0.25, -0.2) is 0 Å². The number of rotatable bonds is 4. The Morgan fingerprint density at radius 2 is 2.25 bits per heavy atom. The minimum atomic E-state index is -0.228. The highest BCUT2D eigenvalue weighted by molar-refractivity contribution is 5.95. The SMILES string of the molecule is C#C/C=C(\C=C/C)CCN=C(N)NC(=N)N. The molecular formula is C11H17N5. The van der Waals surface area contributed by atoms with Gasteiger partial charge in [-0.15, -0.1) is 6.42 Å². The molecule has 0 aromatic rings. The number of nitrogens with two attached hydrogens (primary N) is 2. The van der Waals surface area contributed by atoms with Gasteiger partial charge in [0.1, 0.15) is 0 Å². The van der Waals surface area contributed by atoms with Crippen molar-refractivity contribution < 1.29 is 0 Å². The van der Waals surface area contributed by atoms with Crippen LogP contribution in [0.1, 0.15) is 13.3 Å². The molecule has 0 spiro atoms. The molecule has 86 valence electrons. The Balaban J connectivity index is 4.19. The first-order valence-corrected chi connectivity index (χ1v) is 4.79. The van der Waals surface area contributed by atoms with E-state index in [1.54, 1.807) is 6.08 Å². The molecule has 0 unspecified atom stereocenters. The van der Waals surface area contributed by atoms with Crippen LogP contribution in [0.2, 0.25) is 0 Å². The molecule has 0 aliphatic carbocycles. The summed E-state index contributed by atoms with van der Waals surface area (Å²) in [7, 11) is 0. The lowest BCUT2D eigenvalue weighted by molar-refractivity contribution is 0.959. The Morgan fingerprint density at radius 1 is 1.56 bits per heavy atom. The smallest absolute Gasteiger partial charge is 0.195 e. The predicted molar refractivity (Wildman–Crippen MR) is 67.9 cm³/mol. The van der Waals surface area contributed by atoms with E-state index in [1.165, 1.54) is 0 Å². The molecule has 0 aromatic carbocycles. The molecule has 0 heterocycles. The normalized spacial score (nSPS) is 12.5. The molecule has 0 atom stereocenters. The predicted octanol–water partition coefficient (Wildman–Crippen LogP) is 0.310. The highest BCUT2D eigenvalue weighted by Gasteiger charge is 1.94. The lowest BCUT2D eigenvalue weighted by Crippen LogP contribution is -2.40. The van der Waals surface area contributed by atoms with Gasteiger partial charge in [0, 0.05) is 6.54 Å². The zero-order valence-electron chi connectivity index (χ0n) is 9.33. The van der Waals surface area contributed by atoms with Gasteiger partial charge in [-0.1, -0.05) is 18.1 Å². The molecule has 6 N–H and O–H groups in total. The number of hydrogen-bond acceptors (Lipinski definition) is 2. The van der Waals surface area contributed by atoms with E-state index in [2.05, 4.69) is 16.2 Å². The molecule has 0 aromatic heterocycles. The molecule has 0 amide bonds. The number of terminal acetylenes is 1. The van der Waals surface area contributed by atoms with E-state index in [9.17, 15) is 0 Å². The summed E-state index contributed by atoms with van der Waals surface area (Å²) in [4.78, 5) is 3.99. The maximum absolute atomic E-state index is 6.93. The van der Waals surface area contributed by atoms with Crippen LogP contribution in [0.3, 0.4) is 0 Å². The second kappa shape index (κ2) is 8.12. The quantitative estimate of drug-likeness (QED) is 0.237. The molecule has 5 nitrogen and oxygen atoms in total. The zero-order valence-corrected chi connectivity index (χ0v) is 9.33. The third kappa shape index (κ3) is 7.21. The minimum Gasteiger partial charge on any atom is -0.370 e. The van der Waals surface area contributed by atoms with Gasteiger partial charge in [-0.2, -0.15) is 0 Å². The average molecular weight is 219 g/mol. The second-order valence-electron chi connectivity index (χ2n) is 2.94. The molecule has 0 saturated carbocycles. The van der Waals surface area contributed by atoms with Crippen LogP contribution in [0.15, 0.2) is 28.8 Å². The molecule has 0 aliphatic rings. The van der Waals surface area contributed by atoms with Crippen LogP contribution in [0.5, 0.6) is 0 Å². The van der Waals surface area contributed by atoms with Crippen molar-refractivity contribution >= 4 is 11.9 Å². The van der Waals surface area contributed by atoms with Crippen LogP contribution in [0, 0.1) is 17.8 Å². The monoisotopic (exact) mass is 219 g/mol. The Morgan fingerprint density at radius 3 is 2.75 bits per heavy atom. The largest absolute Gasteiger partial charge is 0.370 e. The molecule has 0 fully saturated rings. The van der Waals surface area contributed by atoms with Crippen molar-refractivity contribution in [3.05, 3.63) is 23.8 Å². The van der Waals surface area contributed by atoms with Crippen molar-refractivity contribution in [2.45, 2.75) is 13.3 Å². The first-order valence-electron chi connectivity index (χ1n) is 4.79. The van der Waals surface area contributed by atoms with Crippen molar-refractivity contribution in [1.29, 1.82) is 5.41 Å². The standard InChI is InChI=1S/C11H17N5/c1-3-5-9(6-4-2)7-8-15-11(14)16-10(12)13/h1,4-6H,7-8H2,2H3,(H6,12,13,14,15,16)/b6-4-,9-5+. The van der Waals surface area contributed by atoms with Crippen molar-refractivity contribution in [2.75, 3.05) is 6.54 Å². The Labute approximate surface area is 95.8 Å². The van der Waals surface area contributed by atoms with Gasteiger partial charge in [-0.05, 0) is 25.0 Å². The van der Waals surface area contributed by atoms with Gasteiger partial charge < -0.3 is 11.5 Å². The van der Waals surface area contributed by atoms with Crippen LogP contribution in [-0.4, -0.2) is 18.5 Å². The van der Waals surface area contributed by atoms with Crippen molar-refractivity contribution in [2.24, 2.45) is 16.5 Å². The Kier molecular flexibility index (Phi) is 6.99. The second-order valence-corrected chi connectivity index (χ2v) is 2.94. The van der Waals surface area contributed by atoms with Gasteiger partial charge in [0.2, 0.25) is 0 Å². The van der Waals surface area contributed by atoms with Crippen LogP contribution in [0.4, 0.5) is 0 Å². The minimum absolute atomic E-state index is 0.132. The molecule has 0 rings (SSSR count). The molecule has 0 bridgehead atoms. The van der Waals surface area contributed by atoms with Crippen molar-refractivity contribution in [3.8, 4) is 12.3 Å². The fraction of sp³-hybridized carbons (Fsp3) is 0.273. The van der Waals surface area contributed by atoms with E-state index >= 15 is 0 Å². The third-order valence-corrected chi connectivity index (χ3v) is 1.59. The Bertz CT molecular complexity index is 357. The number of nitrogens with zero attached hydrogens (tertiary/aromatic N) is 1. The summed E-state index contributed by atoms with van der Waals surface area (Å²) in [6, 6.07) is 0. The van der Waals surface area contributed by atoms with E-state index in [0.717, 1.165) is 5.57 Å². The number of hydrogen-bond donors (Lipinski definition) is 4. The van der Waals surface area contributed by atoms with E-state index in [1.807, 2.05) is 19.1 Å². The van der Waals surface area contributed by atoms with Gasteiger partial charge in [-0.3, -0.25) is 15.7 Å². The van der Waals surface area contributed by atoms with Gasteiger partial charge in [0.25, 0.3) is 0 Å². The summed E-state index contributed by atoms with van der Waals surface area (Å²) in [6.07, 6.45) is 11.4. The summed E-state index contributed by atoms with van der Waals surface area (Å²) in [6.45, 7) is 2.41. The highest BCUT2D eigenvalue weighted by Crippen LogP contribution is 2.02. The summed E-state index contributed by atoms with van der Waals surface area (Å²) in [5.41, 5.74) is 11.5. The Hall–Kier alpha value is -2.22. The first kappa shape index (κ1) is 13.8. The average Bonchev–Trinajstić information content (AvgIpc) is 2.17. The maximum atomic E-state index is 6.93. The molecular weight excluding hydrogens is 202 g/mol. The summed E-state index contributed by atoms with van der Waals surface area (Å²) in [5, 5.41) is 9.32. The fourth-order valence-corrected chi connectivity index (χ4v) is 1.01. The lowest BCUT2D eigenvalue weighted by Gasteiger charge is -2.02. The topological polar surface area (TPSA) is 100 Å². The van der Waals surface area contributed by atoms with Crippen LogP contribution in [0.25, 0.3) is 0 Å². The number of allylic oxidation sites excluding steroid dienone is 3. The van der Waals surface area contributed by atoms with E-state index in [0.29, 0.717) is 13.0 Å². The summed E-state index contributed by atoms with van der Waals surface area (Å²) < 4.78 is 0. The van der Waals surface area contributed by atoms with Crippen molar-refractivity contribution in [1.82, 2.24) is 5.32 Å². The van der Waals surface area contributed by atoms with Crippen LogP contribution < -0.4 is 16.8 Å². The van der Waals surface area contributed by atoms with Gasteiger partial charge in [0.15, 0.2) is 11.9 Å². The third-order valence-electron chi connectivity index (χ3n) is 1.59. The number of nitrogens with one attached hydrogen (secondary N) is 2.